The van der Waals surface area contributed by atoms with Crippen molar-refractivity contribution in [2.24, 2.45) is 5.73 Å². The largest absolute Gasteiger partial charge is 0.359 e. The van der Waals surface area contributed by atoms with Crippen molar-refractivity contribution in [3.05, 3.63) is 18.3 Å². The minimum absolute atomic E-state index is 0.409. The van der Waals surface area contributed by atoms with Crippen molar-refractivity contribution in [2.45, 2.75) is 0 Å². The minimum atomic E-state index is -0.698. The molecule has 0 unspecified atom stereocenters. The number of carbonyl (C=O) groups excluding carboxylic acids is 1. The minimum Gasteiger partial charge on any atom is -0.359 e. The first kappa shape index (κ1) is 8.19. The number of H-pyrrole nitrogens is 1. The van der Waals surface area contributed by atoms with E-state index in [2.05, 4.69) is 31.8 Å². The van der Waals surface area contributed by atoms with Gasteiger partial charge in [-0.15, -0.1) is 0 Å². The van der Waals surface area contributed by atoms with E-state index in [-0.39, 0.29) is 0 Å². The molecule has 2 heterocycles. The quantitative estimate of drug-likeness (QED) is 0.527. The first-order valence-corrected chi connectivity index (χ1v) is 3.73. The topological polar surface area (TPSA) is 97.6 Å². The molecule has 1 amide bonds. The van der Waals surface area contributed by atoms with Crippen molar-refractivity contribution in [3.63, 3.8) is 0 Å². The number of nitrogens with zero attached hydrogens (tertiary/aromatic N) is 3. The summed E-state index contributed by atoms with van der Waals surface area (Å²) in [5.74, 6) is 4.02. The van der Waals surface area contributed by atoms with E-state index in [1.165, 1.54) is 12.7 Å². The van der Waals surface area contributed by atoms with Crippen LogP contribution in [-0.2, 0) is 4.79 Å². The smallest absolute Gasteiger partial charge is 0.293 e. The number of aromatic nitrogens is 4. The molecule has 0 radical (unpaired) electrons. The van der Waals surface area contributed by atoms with Gasteiger partial charge in [-0.05, 0) is 5.92 Å². The fourth-order valence-corrected chi connectivity index (χ4v) is 0.981. The first-order chi connectivity index (χ1) is 6.77. The van der Waals surface area contributed by atoms with Crippen LogP contribution in [-0.4, -0.2) is 25.8 Å². The van der Waals surface area contributed by atoms with Gasteiger partial charge in [0.15, 0.2) is 5.65 Å². The number of nitrogens with one attached hydrogen (secondary N) is 1. The van der Waals surface area contributed by atoms with Crippen LogP contribution >= 0.6 is 0 Å². The van der Waals surface area contributed by atoms with Gasteiger partial charge in [-0.2, -0.15) is 0 Å². The molecule has 0 bridgehead atoms. The molecule has 0 saturated carbocycles. The summed E-state index contributed by atoms with van der Waals surface area (Å²) in [4.78, 5) is 24.9. The van der Waals surface area contributed by atoms with Crippen molar-refractivity contribution in [1.82, 2.24) is 19.9 Å². The number of primary amides is 1. The number of carbonyl (C=O) groups is 1. The zero-order valence-corrected chi connectivity index (χ0v) is 6.98. The molecule has 6 heteroatoms. The van der Waals surface area contributed by atoms with Gasteiger partial charge in [0.1, 0.15) is 17.5 Å². The van der Waals surface area contributed by atoms with E-state index in [1.807, 2.05) is 0 Å². The van der Waals surface area contributed by atoms with E-state index in [0.29, 0.717) is 16.9 Å². The molecular weight excluding hydrogens is 182 g/mol. The number of aromatic amines is 1. The summed E-state index contributed by atoms with van der Waals surface area (Å²) in [6.07, 6.45) is 2.81. The average Bonchev–Trinajstić information content (AvgIpc) is 2.62. The third kappa shape index (κ3) is 1.38. The standard InChI is InChI=1S/C8H5N5O/c9-6(14)2-1-5-7-8(12-3-10-5)13-4-11-7/h3-4H,(H2,9,14)(H,10,11,12,13). The number of nitrogens with two attached hydrogens (primary N) is 1. The predicted octanol–water partition coefficient (Wildman–Crippen LogP) is -0.810. The molecule has 0 aromatic carbocycles. The van der Waals surface area contributed by atoms with Crippen LogP contribution in [0.3, 0.4) is 0 Å². The van der Waals surface area contributed by atoms with E-state index in [1.54, 1.807) is 0 Å². The summed E-state index contributed by atoms with van der Waals surface area (Å²) in [5, 5.41) is 0. The lowest BCUT2D eigenvalue weighted by Gasteiger charge is -1.89. The molecule has 14 heavy (non-hydrogen) atoms. The molecule has 2 aromatic heterocycles. The summed E-state index contributed by atoms with van der Waals surface area (Å²) in [7, 11) is 0. The van der Waals surface area contributed by atoms with Crippen molar-refractivity contribution < 1.29 is 4.79 Å². The number of amides is 1. The maximum absolute atomic E-state index is 10.4. The van der Waals surface area contributed by atoms with Gasteiger partial charge in [-0.1, -0.05) is 0 Å². The lowest BCUT2D eigenvalue weighted by Crippen LogP contribution is -2.06. The van der Waals surface area contributed by atoms with Gasteiger partial charge in [-0.25, -0.2) is 15.0 Å². The van der Waals surface area contributed by atoms with E-state index in [0.717, 1.165) is 0 Å². The van der Waals surface area contributed by atoms with Crippen LogP contribution in [0.4, 0.5) is 0 Å². The summed E-state index contributed by atoms with van der Waals surface area (Å²) in [5.41, 5.74) is 6.39. The Morgan fingerprint density at radius 3 is 3.07 bits per heavy atom. The lowest BCUT2D eigenvalue weighted by atomic mass is 10.3. The summed E-state index contributed by atoms with van der Waals surface area (Å²) in [6.45, 7) is 0. The molecule has 0 aliphatic rings. The van der Waals surface area contributed by atoms with Crippen LogP contribution < -0.4 is 5.73 Å². The highest BCUT2D eigenvalue weighted by Gasteiger charge is 2.02. The van der Waals surface area contributed by atoms with Crippen LogP contribution in [0.1, 0.15) is 5.69 Å². The molecule has 2 rings (SSSR count). The monoisotopic (exact) mass is 187 g/mol. The normalized spacial score (nSPS) is 9.43. The Kier molecular flexibility index (Phi) is 1.84. The number of hydrogen-bond donors (Lipinski definition) is 2. The second-order valence-corrected chi connectivity index (χ2v) is 2.44. The highest BCUT2D eigenvalue weighted by atomic mass is 16.1. The predicted molar refractivity (Wildman–Crippen MR) is 47.8 cm³/mol. The third-order valence-corrected chi connectivity index (χ3v) is 1.53. The number of rotatable bonds is 0. The maximum atomic E-state index is 10.4. The van der Waals surface area contributed by atoms with Gasteiger partial charge in [-0.3, -0.25) is 4.79 Å². The van der Waals surface area contributed by atoms with E-state index in [4.69, 9.17) is 5.73 Å². The highest BCUT2D eigenvalue weighted by molar-refractivity contribution is 5.93. The van der Waals surface area contributed by atoms with Crippen molar-refractivity contribution >= 4 is 17.1 Å². The van der Waals surface area contributed by atoms with Crippen LogP contribution in [0.25, 0.3) is 11.2 Å². The van der Waals surface area contributed by atoms with Crippen molar-refractivity contribution in [3.8, 4) is 11.8 Å². The van der Waals surface area contributed by atoms with Crippen LogP contribution in [0.5, 0.6) is 0 Å². The summed E-state index contributed by atoms with van der Waals surface area (Å²) < 4.78 is 0. The Labute approximate surface area is 78.6 Å². The zero-order chi connectivity index (χ0) is 9.97. The second kappa shape index (κ2) is 3.14. The van der Waals surface area contributed by atoms with E-state index < -0.39 is 5.91 Å². The molecule has 0 aliphatic carbocycles. The molecule has 0 aliphatic heterocycles. The molecule has 0 spiro atoms. The van der Waals surface area contributed by atoms with Gasteiger partial charge in [0.25, 0.3) is 5.91 Å². The highest BCUT2D eigenvalue weighted by Crippen LogP contribution is 2.06. The lowest BCUT2D eigenvalue weighted by molar-refractivity contribution is -0.112. The van der Waals surface area contributed by atoms with Gasteiger partial charge in [0, 0.05) is 5.92 Å². The number of fused-ring (bicyclic) bond motifs is 1. The average molecular weight is 187 g/mol. The van der Waals surface area contributed by atoms with Gasteiger partial charge in [0.05, 0.1) is 6.33 Å². The van der Waals surface area contributed by atoms with Crippen LogP contribution in [0.2, 0.25) is 0 Å². The van der Waals surface area contributed by atoms with E-state index >= 15 is 0 Å². The molecular formula is C8H5N5O. The molecule has 0 atom stereocenters. The Balaban J connectivity index is 2.58. The summed E-state index contributed by atoms with van der Waals surface area (Å²) >= 11 is 0. The Hall–Kier alpha value is -2.42. The van der Waals surface area contributed by atoms with E-state index in [9.17, 15) is 4.79 Å². The molecule has 0 fully saturated rings. The maximum Gasteiger partial charge on any atom is 0.293 e. The SMILES string of the molecule is NC(=O)C#Cc1ncnc2nc[nH]c12. The molecule has 0 saturated heterocycles. The second-order valence-electron chi connectivity index (χ2n) is 2.44. The summed E-state index contributed by atoms with van der Waals surface area (Å²) in [6, 6.07) is 0. The number of imidazole rings is 1. The molecule has 68 valence electrons. The fraction of sp³-hybridized carbons (Fsp3) is 0. The van der Waals surface area contributed by atoms with Gasteiger partial charge < -0.3 is 10.7 Å². The molecule has 3 N–H and O–H groups in total. The van der Waals surface area contributed by atoms with Gasteiger partial charge >= 0.3 is 0 Å². The van der Waals surface area contributed by atoms with Crippen molar-refractivity contribution in [1.29, 1.82) is 0 Å². The van der Waals surface area contributed by atoms with Crippen LogP contribution in [0.15, 0.2) is 12.7 Å². The third-order valence-electron chi connectivity index (χ3n) is 1.53. The molecule has 2 aromatic rings. The van der Waals surface area contributed by atoms with Crippen molar-refractivity contribution in [2.75, 3.05) is 0 Å². The number of hydrogen-bond acceptors (Lipinski definition) is 4. The first-order valence-electron chi connectivity index (χ1n) is 3.73. The fourth-order valence-electron chi connectivity index (χ4n) is 0.981. The Morgan fingerprint density at radius 2 is 2.29 bits per heavy atom. The zero-order valence-electron chi connectivity index (χ0n) is 6.98. The molecule has 6 nitrogen and oxygen atoms in total. The van der Waals surface area contributed by atoms with Crippen LogP contribution in [0, 0.1) is 11.8 Å². The van der Waals surface area contributed by atoms with Gasteiger partial charge in [0.2, 0.25) is 0 Å². The Morgan fingerprint density at radius 1 is 1.43 bits per heavy atom. The Bertz CT molecular complexity index is 547.